The molecule has 0 heterocycles. The average molecular weight is 269 g/mol. The summed E-state index contributed by atoms with van der Waals surface area (Å²) in [6, 6.07) is 0.510. The van der Waals surface area contributed by atoms with Crippen molar-refractivity contribution in [2.75, 3.05) is 13.7 Å². The van der Waals surface area contributed by atoms with E-state index in [1.807, 2.05) is 6.92 Å². The third-order valence-corrected chi connectivity index (χ3v) is 4.21. The molecule has 0 spiro atoms. The van der Waals surface area contributed by atoms with Crippen LogP contribution in [0.3, 0.4) is 0 Å². The summed E-state index contributed by atoms with van der Waals surface area (Å²) in [5.74, 6) is -0.140. The molecule has 2 saturated carbocycles. The van der Waals surface area contributed by atoms with Crippen LogP contribution in [0.4, 0.5) is 0 Å². The fourth-order valence-electron chi connectivity index (χ4n) is 2.50. The maximum Gasteiger partial charge on any atom is 0.325 e. The van der Waals surface area contributed by atoms with Gasteiger partial charge in [-0.15, -0.1) is 0 Å². The Morgan fingerprint density at radius 2 is 2.00 bits per heavy atom. The van der Waals surface area contributed by atoms with Crippen molar-refractivity contribution in [1.29, 1.82) is 0 Å². The SMILES string of the molecule is COC(=O)C(C)(CCCCOC1CCC1)NC1CC1. The third kappa shape index (κ3) is 4.46. The van der Waals surface area contributed by atoms with Crippen molar-refractivity contribution in [2.45, 2.75) is 76.0 Å². The standard InChI is InChI=1S/C15H27NO3/c1-15(14(17)18-2,16-12-8-9-12)10-3-4-11-19-13-6-5-7-13/h12-13,16H,3-11H2,1-2H3. The normalized spacial score (nSPS) is 22.6. The molecule has 0 aromatic rings. The van der Waals surface area contributed by atoms with Gasteiger partial charge in [0.15, 0.2) is 0 Å². The van der Waals surface area contributed by atoms with Crippen molar-refractivity contribution in [2.24, 2.45) is 0 Å². The Labute approximate surface area is 116 Å². The fourth-order valence-corrected chi connectivity index (χ4v) is 2.50. The molecule has 4 heteroatoms. The second-order valence-corrected chi connectivity index (χ2v) is 6.12. The molecule has 0 aliphatic heterocycles. The summed E-state index contributed by atoms with van der Waals surface area (Å²) >= 11 is 0. The van der Waals surface area contributed by atoms with Gasteiger partial charge in [0, 0.05) is 12.6 Å². The number of hydrogen-bond donors (Lipinski definition) is 1. The minimum absolute atomic E-state index is 0.140. The summed E-state index contributed by atoms with van der Waals surface area (Å²) < 4.78 is 10.7. The Hall–Kier alpha value is -0.610. The van der Waals surface area contributed by atoms with Crippen LogP contribution in [0.1, 0.15) is 58.3 Å². The third-order valence-electron chi connectivity index (χ3n) is 4.21. The van der Waals surface area contributed by atoms with Crippen LogP contribution in [0.15, 0.2) is 0 Å². The highest BCUT2D eigenvalue weighted by atomic mass is 16.5. The van der Waals surface area contributed by atoms with Gasteiger partial charge in [0.05, 0.1) is 13.2 Å². The zero-order chi connectivity index (χ0) is 13.7. The van der Waals surface area contributed by atoms with Crippen LogP contribution < -0.4 is 5.32 Å². The lowest BCUT2D eigenvalue weighted by atomic mass is 9.94. The molecule has 1 N–H and O–H groups in total. The van der Waals surface area contributed by atoms with Gasteiger partial charge in [0.2, 0.25) is 0 Å². The highest BCUT2D eigenvalue weighted by Crippen LogP contribution is 2.26. The van der Waals surface area contributed by atoms with Gasteiger partial charge in [-0.3, -0.25) is 10.1 Å². The van der Waals surface area contributed by atoms with Gasteiger partial charge in [-0.05, 0) is 58.3 Å². The van der Waals surface area contributed by atoms with Crippen molar-refractivity contribution < 1.29 is 14.3 Å². The number of unbranched alkanes of at least 4 members (excludes halogenated alkanes) is 1. The fraction of sp³-hybridized carbons (Fsp3) is 0.933. The Morgan fingerprint density at radius 1 is 1.26 bits per heavy atom. The molecule has 2 aliphatic rings. The number of hydrogen-bond acceptors (Lipinski definition) is 4. The summed E-state index contributed by atoms with van der Waals surface area (Å²) in [6.45, 7) is 2.79. The van der Waals surface area contributed by atoms with Crippen LogP contribution in [0, 0.1) is 0 Å². The number of esters is 1. The zero-order valence-corrected chi connectivity index (χ0v) is 12.2. The minimum atomic E-state index is -0.521. The Kier molecular flexibility index (Phi) is 5.22. The molecule has 0 aromatic carbocycles. The second kappa shape index (κ2) is 6.71. The number of carbonyl (C=O) groups is 1. The van der Waals surface area contributed by atoms with Crippen molar-refractivity contribution >= 4 is 5.97 Å². The first kappa shape index (κ1) is 14.8. The zero-order valence-electron chi connectivity index (χ0n) is 12.2. The molecular formula is C15H27NO3. The molecule has 2 rings (SSSR count). The van der Waals surface area contributed by atoms with Crippen molar-refractivity contribution in [3.05, 3.63) is 0 Å². The maximum atomic E-state index is 11.9. The largest absolute Gasteiger partial charge is 0.468 e. The Balaban J connectivity index is 1.64. The smallest absolute Gasteiger partial charge is 0.325 e. The predicted octanol–water partition coefficient (Wildman–Crippen LogP) is 2.41. The first-order valence-electron chi connectivity index (χ1n) is 7.62. The molecule has 2 aliphatic carbocycles. The van der Waals surface area contributed by atoms with Crippen molar-refractivity contribution in [1.82, 2.24) is 5.32 Å². The topological polar surface area (TPSA) is 47.6 Å². The van der Waals surface area contributed by atoms with Gasteiger partial charge >= 0.3 is 5.97 Å². The van der Waals surface area contributed by atoms with Gasteiger partial charge < -0.3 is 9.47 Å². The molecule has 0 amide bonds. The average Bonchev–Trinajstić information content (AvgIpc) is 3.14. The number of methoxy groups -OCH3 is 1. The van der Waals surface area contributed by atoms with Gasteiger partial charge in [0.25, 0.3) is 0 Å². The maximum absolute atomic E-state index is 11.9. The van der Waals surface area contributed by atoms with E-state index in [1.165, 1.54) is 39.2 Å². The van der Waals surface area contributed by atoms with E-state index in [2.05, 4.69) is 5.32 Å². The first-order chi connectivity index (χ1) is 9.14. The molecule has 19 heavy (non-hydrogen) atoms. The first-order valence-corrected chi connectivity index (χ1v) is 7.62. The molecule has 1 unspecified atom stereocenters. The van der Waals surface area contributed by atoms with Crippen LogP contribution in [-0.4, -0.2) is 37.4 Å². The summed E-state index contributed by atoms with van der Waals surface area (Å²) in [5.41, 5.74) is -0.521. The lowest BCUT2D eigenvalue weighted by Gasteiger charge is -2.29. The lowest BCUT2D eigenvalue weighted by molar-refractivity contribution is -0.148. The van der Waals surface area contributed by atoms with Crippen molar-refractivity contribution in [3.8, 4) is 0 Å². The lowest BCUT2D eigenvalue weighted by Crippen LogP contribution is -2.51. The monoisotopic (exact) mass is 269 g/mol. The van der Waals surface area contributed by atoms with Crippen molar-refractivity contribution in [3.63, 3.8) is 0 Å². The van der Waals surface area contributed by atoms with Crippen LogP contribution in [0.2, 0.25) is 0 Å². The van der Waals surface area contributed by atoms with E-state index in [0.29, 0.717) is 12.1 Å². The van der Waals surface area contributed by atoms with Crippen LogP contribution in [-0.2, 0) is 14.3 Å². The number of rotatable bonds is 9. The molecule has 1 atom stereocenters. The van der Waals surface area contributed by atoms with Crippen LogP contribution >= 0.6 is 0 Å². The van der Waals surface area contributed by atoms with Crippen LogP contribution in [0.5, 0.6) is 0 Å². The molecular weight excluding hydrogens is 242 g/mol. The molecule has 110 valence electrons. The summed E-state index contributed by atoms with van der Waals surface area (Å²) in [4.78, 5) is 11.9. The number of nitrogens with one attached hydrogen (secondary N) is 1. The van der Waals surface area contributed by atoms with E-state index in [0.717, 1.165) is 25.9 Å². The summed E-state index contributed by atoms with van der Waals surface area (Å²) in [5, 5.41) is 3.42. The van der Waals surface area contributed by atoms with E-state index in [4.69, 9.17) is 9.47 Å². The Morgan fingerprint density at radius 3 is 2.53 bits per heavy atom. The molecule has 2 fully saturated rings. The van der Waals surface area contributed by atoms with Crippen LogP contribution in [0.25, 0.3) is 0 Å². The van der Waals surface area contributed by atoms with E-state index in [9.17, 15) is 4.79 Å². The molecule has 4 nitrogen and oxygen atoms in total. The van der Waals surface area contributed by atoms with Gasteiger partial charge in [-0.25, -0.2) is 0 Å². The van der Waals surface area contributed by atoms with E-state index >= 15 is 0 Å². The van der Waals surface area contributed by atoms with E-state index in [1.54, 1.807) is 0 Å². The summed E-state index contributed by atoms with van der Waals surface area (Å²) in [7, 11) is 1.47. The predicted molar refractivity (Wildman–Crippen MR) is 74.0 cm³/mol. The molecule has 0 saturated heterocycles. The molecule has 0 aromatic heterocycles. The van der Waals surface area contributed by atoms with Gasteiger partial charge in [-0.1, -0.05) is 0 Å². The van der Waals surface area contributed by atoms with Gasteiger partial charge in [-0.2, -0.15) is 0 Å². The second-order valence-electron chi connectivity index (χ2n) is 6.12. The highest BCUT2D eigenvalue weighted by Gasteiger charge is 2.38. The van der Waals surface area contributed by atoms with E-state index in [-0.39, 0.29) is 5.97 Å². The molecule has 0 bridgehead atoms. The Bertz CT molecular complexity index is 300. The number of carbonyl (C=O) groups excluding carboxylic acids is 1. The highest BCUT2D eigenvalue weighted by molar-refractivity contribution is 5.80. The molecule has 0 radical (unpaired) electrons. The quantitative estimate of drug-likeness (QED) is 0.516. The van der Waals surface area contributed by atoms with E-state index < -0.39 is 5.54 Å². The minimum Gasteiger partial charge on any atom is -0.468 e. The van der Waals surface area contributed by atoms with Gasteiger partial charge in [0.1, 0.15) is 5.54 Å². The summed E-state index contributed by atoms with van der Waals surface area (Å²) in [6.07, 6.45) is 9.48. The number of ether oxygens (including phenoxy) is 2.